The molecule has 3 aliphatic heterocycles. The van der Waals surface area contributed by atoms with Crippen molar-refractivity contribution in [1.29, 1.82) is 0 Å². The minimum absolute atomic E-state index is 0.0308. The lowest BCUT2D eigenvalue weighted by atomic mass is 9.59. The number of carbonyl (C=O) groups excluding carboxylic acids is 1. The lowest BCUT2D eigenvalue weighted by molar-refractivity contribution is -0.384. The Labute approximate surface area is 456 Å². The van der Waals surface area contributed by atoms with Crippen LogP contribution in [-0.2, 0) is 23.0 Å². The van der Waals surface area contributed by atoms with E-state index < -0.39 is 37.0 Å². The number of aryl methyl sites for hydroxylation is 1. The molecule has 4 N–H and O–H groups in total. The Morgan fingerprint density at radius 1 is 0.974 bits per heavy atom. The maximum atomic E-state index is 14.2. The molecular formula is C60H72N8O9S. The number of ether oxygens (including phenoxy) is 3. The average molecular weight is 1080 g/mol. The fourth-order valence-electron chi connectivity index (χ4n) is 12.9. The van der Waals surface area contributed by atoms with Gasteiger partial charge in [-0.2, -0.15) is 0 Å². The number of benzene rings is 4. The second-order valence-corrected chi connectivity index (χ2v) is 24.8. The summed E-state index contributed by atoms with van der Waals surface area (Å²) in [5.74, 6) is 1.86. The van der Waals surface area contributed by atoms with Crippen molar-refractivity contribution >= 4 is 44.0 Å². The molecule has 17 nitrogen and oxygen atoms in total. The van der Waals surface area contributed by atoms with Crippen LogP contribution >= 0.6 is 0 Å². The van der Waals surface area contributed by atoms with Gasteiger partial charge in [-0.3, -0.25) is 24.7 Å². The molecule has 4 aromatic carbocycles. The monoisotopic (exact) mass is 1080 g/mol. The maximum Gasteiger partial charge on any atom is 0.293 e. The van der Waals surface area contributed by atoms with Gasteiger partial charge in [0.15, 0.2) is 11.5 Å². The Hall–Kier alpha value is -6.73. The number of pyridine rings is 1. The number of methoxy groups -OCH3 is 1. The van der Waals surface area contributed by atoms with Gasteiger partial charge < -0.3 is 34.5 Å². The van der Waals surface area contributed by atoms with Crippen LogP contribution in [0.3, 0.4) is 0 Å². The summed E-state index contributed by atoms with van der Waals surface area (Å²) < 4.78 is 48.2. The van der Waals surface area contributed by atoms with Gasteiger partial charge in [0.1, 0.15) is 22.8 Å². The van der Waals surface area contributed by atoms with Crippen LogP contribution in [0.15, 0.2) is 102 Å². The molecule has 0 bridgehead atoms. The van der Waals surface area contributed by atoms with E-state index in [1.807, 2.05) is 19.1 Å². The van der Waals surface area contributed by atoms with Crippen LogP contribution in [0.2, 0.25) is 0 Å². The number of nitrogens with one attached hydrogen (secondary N) is 3. The van der Waals surface area contributed by atoms with Gasteiger partial charge in [-0.15, -0.1) is 0 Å². The number of amides is 1. The number of nitro benzene ring substituents is 1. The number of nitro groups is 1. The number of H-pyrrole nitrogens is 1. The largest absolute Gasteiger partial charge is 0.493 e. The third-order valence-electron chi connectivity index (χ3n) is 17.4. The highest BCUT2D eigenvalue weighted by molar-refractivity contribution is 7.90. The molecule has 0 radical (unpaired) electrons. The number of anilines is 2. The van der Waals surface area contributed by atoms with E-state index in [-0.39, 0.29) is 34.4 Å². The molecular weight excluding hydrogens is 1010 g/mol. The van der Waals surface area contributed by atoms with Gasteiger partial charge in [0.25, 0.3) is 21.6 Å². The van der Waals surface area contributed by atoms with Gasteiger partial charge >= 0.3 is 0 Å². The molecule has 2 aliphatic carbocycles. The van der Waals surface area contributed by atoms with Gasteiger partial charge in [-0.05, 0) is 153 Å². The Balaban J connectivity index is 0.779. The number of hydrogen-bond donors (Lipinski definition) is 4. The fraction of sp³-hybridized carbons (Fsp3) is 0.467. The number of carbonyl (C=O) groups is 1. The molecule has 4 fully saturated rings. The van der Waals surface area contributed by atoms with Crippen molar-refractivity contribution in [2.24, 2.45) is 11.3 Å². The molecule has 18 heteroatoms. The zero-order valence-corrected chi connectivity index (χ0v) is 45.9. The molecule has 5 heterocycles. The van der Waals surface area contributed by atoms with Crippen molar-refractivity contribution < 1.29 is 37.5 Å². The van der Waals surface area contributed by atoms with Crippen LogP contribution in [0.5, 0.6) is 23.0 Å². The third kappa shape index (κ3) is 11.3. The predicted molar refractivity (Wildman–Crippen MR) is 300 cm³/mol. The minimum Gasteiger partial charge on any atom is -0.493 e. The second kappa shape index (κ2) is 21.8. The first-order valence-electron chi connectivity index (χ1n) is 27.7. The summed E-state index contributed by atoms with van der Waals surface area (Å²) in [6.45, 7) is 12.9. The lowest BCUT2D eigenvalue weighted by Gasteiger charge is -2.58. The first-order valence-corrected chi connectivity index (χ1v) is 29.2. The average Bonchev–Trinajstić information content (AvgIpc) is 4.06. The van der Waals surface area contributed by atoms with Gasteiger partial charge in [0, 0.05) is 87.3 Å². The number of nitrogens with zero attached hydrogens (tertiary/aromatic N) is 5. The molecule has 2 saturated heterocycles. The number of hydrogen-bond acceptors (Lipinski definition) is 14. The Kier molecular flexibility index (Phi) is 14.9. The standard InChI is InChI=1S/C60H72N8O9S/c1-39(2)48-9-5-6-10-49(48)53-38-65(37-41-28-42-8-7-27-76-56(42)55(29-41)75-4)25-26-67(53)45-33-60(34-45)20-23-66(24-21-60)44-11-13-50(54(31-44)77-46-30-43-17-22-61-57(43)63-36-46)58(69)64-78(73,74)47-12-14-51(52(32-47)68(71)72)62-35-40-15-18-59(3,70)19-16-40/h5-6,9-14,17,22,28-32,36,39-40,45,53,62,70H,7-8,15-16,18-21,23-27,33-35,37-38H2,1-4H3,(H,61,63)(H,64,69)/t40-,53-,59-/m0/s1. The number of piperidine rings is 1. The van der Waals surface area contributed by atoms with Crippen molar-refractivity contribution in [2.45, 2.75) is 120 Å². The molecule has 1 atom stereocenters. The van der Waals surface area contributed by atoms with Crippen LogP contribution in [0.4, 0.5) is 17.1 Å². The fourth-order valence-corrected chi connectivity index (χ4v) is 13.9. The zero-order chi connectivity index (χ0) is 54.3. The number of aromatic nitrogens is 2. The highest BCUT2D eigenvalue weighted by Crippen LogP contribution is 2.54. The molecule has 6 aromatic rings. The topological polar surface area (TPSA) is 205 Å². The van der Waals surface area contributed by atoms with Gasteiger partial charge in [-0.25, -0.2) is 18.1 Å². The lowest BCUT2D eigenvalue weighted by Crippen LogP contribution is -2.60. The summed E-state index contributed by atoms with van der Waals surface area (Å²) in [6, 6.07) is 26.6. The summed E-state index contributed by atoms with van der Waals surface area (Å²) in [4.78, 5) is 40.6. The normalized spacial score (nSPS) is 21.9. The molecule has 78 heavy (non-hydrogen) atoms. The molecule has 2 saturated carbocycles. The van der Waals surface area contributed by atoms with Crippen LogP contribution in [0, 0.1) is 21.4 Å². The van der Waals surface area contributed by atoms with E-state index in [2.05, 4.69) is 85.0 Å². The molecule has 1 spiro atoms. The molecule has 412 valence electrons. The molecule has 0 unspecified atom stereocenters. The number of aliphatic hydroxyl groups is 1. The Morgan fingerprint density at radius 2 is 1.77 bits per heavy atom. The highest BCUT2D eigenvalue weighted by atomic mass is 32.2. The number of fused-ring (bicyclic) bond motifs is 2. The van der Waals surface area contributed by atoms with Crippen LogP contribution in [-0.4, -0.2) is 109 Å². The number of piperazine rings is 1. The van der Waals surface area contributed by atoms with E-state index >= 15 is 0 Å². The SMILES string of the molecule is COc1cc(CN2CCN(C3CC4(CCN(c5ccc(C(=O)NS(=O)(=O)c6ccc(NC[C@H]7CC[C@](C)(O)CC7)c([N+](=O)[O-])c6)c(Oc6cnc7[nH]ccc7c6)c5)CC4)C3)[C@H](c3ccccc3C(C)C)C2)cc2c1OCCC2. The molecule has 2 aromatic heterocycles. The summed E-state index contributed by atoms with van der Waals surface area (Å²) in [7, 11) is -2.87. The zero-order valence-electron chi connectivity index (χ0n) is 45.1. The van der Waals surface area contributed by atoms with Gasteiger partial charge in [0.05, 0.1) is 40.9 Å². The number of sulfonamides is 1. The summed E-state index contributed by atoms with van der Waals surface area (Å²) in [5, 5.41) is 26.5. The smallest absolute Gasteiger partial charge is 0.293 e. The molecule has 1 amide bonds. The first-order chi connectivity index (χ1) is 37.5. The van der Waals surface area contributed by atoms with E-state index in [0.717, 1.165) is 126 Å². The summed E-state index contributed by atoms with van der Waals surface area (Å²) in [6.07, 6.45) is 12.4. The van der Waals surface area contributed by atoms with Crippen LogP contribution in [0.1, 0.15) is 123 Å². The summed E-state index contributed by atoms with van der Waals surface area (Å²) >= 11 is 0. The van der Waals surface area contributed by atoms with Gasteiger partial charge in [0.2, 0.25) is 0 Å². The van der Waals surface area contributed by atoms with E-state index in [9.17, 15) is 28.4 Å². The van der Waals surface area contributed by atoms with E-state index in [1.165, 1.54) is 34.4 Å². The van der Waals surface area contributed by atoms with Crippen molar-refractivity contribution in [3.63, 3.8) is 0 Å². The Bertz CT molecular complexity index is 3280. The van der Waals surface area contributed by atoms with E-state index in [1.54, 1.807) is 37.7 Å². The quantitative estimate of drug-likeness (QED) is 0.0526. The van der Waals surface area contributed by atoms with Crippen molar-refractivity contribution in [1.82, 2.24) is 24.5 Å². The van der Waals surface area contributed by atoms with E-state index in [4.69, 9.17) is 14.2 Å². The Morgan fingerprint density at radius 3 is 2.54 bits per heavy atom. The maximum absolute atomic E-state index is 14.2. The highest BCUT2D eigenvalue weighted by Gasteiger charge is 2.50. The van der Waals surface area contributed by atoms with E-state index in [0.29, 0.717) is 42.7 Å². The molecule has 5 aliphatic rings. The first kappa shape index (κ1) is 53.3. The minimum atomic E-state index is -4.60. The van der Waals surface area contributed by atoms with Crippen molar-refractivity contribution in [3.8, 4) is 23.0 Å². The van der Waals surface area contributed by atoms with Crippen molar-refractivity contribution in [2.75, 3.05) is 63.2 Å². The predicted octanol–water partition coefficient (Wildman–Crippen LogP) is 10.5. The van der Waals surface area contributed by atoms with Crippen molar-refractivity contribution in [3.05, 3.63) is 135 Å². The molecule has 11 rings (SSSR count). The van der Waals surface area contributed by atoms with Crippen LogP contribution in [0.25, 0.3) is 11.0 Å². The summed E-state index contributed by atoms with van der Waals surface area (Å²) in [5.41, 5.74) is 6.05. The van der Waals surface area contributed by atoms with Gasteiger partial charge in [-0.1, -0.05) is 44.2 Å². The number of rotatable bonds is 16. The second-order valence-electron chi connectivity index (χ2n) is 23.1. The van der Waals surface area contributed by atoms with Crippen LogP contribution < -0.4 is 29.1 Å². The number of aromatic amines is 1. The third-order valence-corrected chi connectivity index (χ3v) is 18.7.